The van der Waals surface area contributed by atoms with Crippen LogP contribution in [0, 0.1) is 5.92 Å². The van der Waals surface area contributed by atoms with Crippen LogP contribution in [0.2, 0.25) is 0 Å². The Kier molecular flexibility index (Phi) is 8.22. The van der Waals surface area contributed by atoms with E-state index in [1.54, 1.807) is 18.9 Å². The number of likely N-dealkylation sites (tertiary alicyclic amines) is 1. The molecule has 0 aromatic heterocycles. The van der Waals surface area contributed by atoms with Crippen LogP contribution in [0.5, 0.6) is 5.75 Å². The minimum absolute atomic E-state index is 0.000431. The number of hydrogen-bond acceptors (Lipinski definition) is 5. The molecule has 0 unspecified atom stereocenters. The number of rotatable bonds is 8. The lowest BCUT2D eigenvalue weighted by Crippen LogP contribution is -2.41. The second kappa shape index (κ2) is 11.7. The van der Waals surface area contributed by atoms with E-state index in [-0.39, 0.29) is 17.7 Å². The molecule has 0 saturated carbocycles. The fourth-order valence-corrected chi connectivity index (χ4v) is 4.93. The van der Waals surface area contributed by atoms with Gasteiger partial charge in [-0.05, 0) is 62.3 Å². The Balaban J connectivity index is 1.27. The summed E-state index contributed by atoms with van der Waals surface area (Å²) in [5, 5.41) is 6.04. The van der Waals surface area contributed by atoms with E-state index in [0.29, 0.717) is 43.9 Å². The van der Waals surface area contributed by atoms with Gasteiger partial charge in [0.25, 0.3) is 0 Å². The molecule has 1 aliphatic rings. The van der Waals surface area contributed by atoms with Gasteiger partial charge in [0.05, 0.1) is 25.0 Å². The number of piperidine rings is 1. The highest BCUT2D eigenvalue weighted by atomic mass is 32.2. The van der Waals surface area contributed by atoms with Crippen LogP contribution in [-0.4, -0.2) is 43.5 Å². The highest BCUT2D eigenvalue weighted by Gasteiger charge is 2.26. The second-order valence-electron chi connectivity index (χ2n) is 8.20. The van der Waals surface area contributed by atoms with Crippen molar-refractivity contribution in [1.82, 2.24) is 4.90 Å². The van der Waals surface area contributed by atoms with Crippen LogP contribution in [0.3, 0.4) is 0 Å². The van der Waals surface area contributed by atoms with Gasteiger partial charge in [-0.1, -0.05) is 54.2 Å². The lowest BCUT2D eigenvalue weighted by atomic mass is 9.95. The highest BCUT2D eigenvalue weighted by molar-refractivity contribution is 7.99. The van der Waals surface area contributed by atoms with Crippen molar-refractivity contribution in [2.45, 2.75) is 22.6 Å². The molecule has 1 heterocycles. The van der Waals surface area contributed by atoms with Crippen molar-refractivity contribution in [3.05, 3.63) is 78.9 Å². The number of methoxy groups -OCH3 is 1. The molecule has 176 valence electrons. The average Bonchev–Trinajstić information content (AvgIpc) is 2.86. The molecule has 34 heavy (non-hydrogen) atoms. The van der Waals surface area contributed by atoms with Gasteiger partial charge in [0.15, 0.2) is 0 Å². The monoisotopic (exact) mass is 475 g/mol. The maximum Gasteiger partial charge on any atom is 0.238 e. The summed E-state index contributed by atoms with van der Waals surface area (Å²) in [5.41, 5.74) is 1.50. The fraction of sp³-hybridized carbons (Fsp3) is 0.259. The molecule has 0 aliphatic carbocycles. The lowest BCUT2D eigenvalue weighted by Gasteiger charge is -2.30. The molecule has 0 bridgehead atoms. The third-order valence-corrected chi connectivity index (χ3v) is 6.91. The summed E-state index contributed by atoms with van der Waals surface area (Å²) in [5.74, 6) is 0.529. The number of carbonyl (C=O) groups is 2. The predicted octanol–water partition coefficient (Wildman–Crippen LogP) is 5.14. The van der Waals surface area contributed by atoms with E-state index in [0.717, 1.165) is 15.5 Å². The minimum Gasteiger partial charge on any atom is -0.495 e. The van der Waals surface area contributed by atoms with Crippen LogP contribution in [0.25, 0.3) is 0 Å². The molecule has 0 radical (unpaired) electrons. The van der Waals surface area contributed by atoms with Crippen LogP contribution >= 0.6 is 11.8 Å². The van der Waals surface area contributed by atoms with E-state index >= 15 is 0 Å². The second-order valence-corrected chi connectivity index (χ2v) is 9.31. The van der Waals surface area contributed by atoms with Crippen molar-refractivity contribution in [3.8, 4) is 5.75 Å². The number of benzene rings is 3. The number of nitrogens with zero attached hydrogens (tertiary/aromatic N) is 1. The van der Waals surface area contributed by atoms with Crippen LogP contribution < -0.4 is 15.4 Å². The molecule has 2 N–H and O–H groups in total. The van der Waals surface area contributed by atoms with E-state index in [2.05, 4.69) is 27.7 Å². The summed E-state index contributed by atoms with van der Waals surface area (Å²) in [6.07, 6.45) is 1.43. The van der Waals surface area contributed by atoms with Crippen molar-refractivity contribution in [2.75, 3.05) is 37.4 Å². The van der Waals surface area contributed by atoms with E-state index in [4.69, 9.17) is 4.74 Å². The molecular formula is C27H29N3O3S. The Morgan fingerprint density at radius 3 is 2.26 bits per heavy atom. The number of anilines is 2. The fourth-order valence-electron chi connectivity index (χ4n) is 4.00. The summed E-state index contributed by atoms with van der Waals surface area (Å²) < 4.78 is 5.32. The van der Waals surface area contributed by atoms with E-state index in [1.807, 2.05) is 66.7 Å². The average molecular weight is 476 g/mol. The van der Waals surface area contributed by atoms with Crippen molar-refractivity contribution >= 4 is 35.0 Å². The maximum atomic E-state index is 12.8. The first kappa shape index (κ1) is 23.9. The largest absolute Gasteiger partial charge is 0.495 e. The first-order valence-corrected chi connectivity index (χ1v) is 12.2. The Labute approximate surface area is 204 Å². The standard InChI is InChI=1S/C27H29N3O3S/c1-33-24-13-7-5-11-22(24)29-27(32)20-15-17-30(18-16-20)19-26(31)28-23-12-6-8-14-25(23)34-21-9-3-2-4-10-21/h2-14,20H,15-19H2,1H3,(H,28,31)(H,29,32). The van der Waals surface area contributed by atoms with Crippen LogP contribution in [0.4, 0.5) is 11.4 Å². The topological polar surface area (TPSA) is 70.7 Å². The Hall–Kier alpha value is -3.29. The zero-order valence-corrected chi connectivity index (χ0v) is 20.0. The van der Waals surface area contributed by atoms with Gasteiger partial charge in [-0.15, -0.1) is 0 Å². The van der Waals surface area contributed by atoms with Crippen LogP contribution in [-0.2, 0) is 9.59 Å². The summed E-state index contributed by atoms with van der Waals surface area (Å²) in [6, 6.07) is 25.4. The van der Waals surface area contributed by atoms with E-state index in [1.165, 1.54) is 0 Å². The number of hydrogen-bond donors (Lipinski definition) is 2. The number of nitrogens with one attached hydrogen (secondary N) is 2. The van der Waals surface area contributed by atoms with Gasteiger partial charge in [-0.25, -0.2) is 0 Å². The van der Waals surface area contributed by atoms with Crippen molar-refractivity contribution in [3.63, 3.8) is 0 Å². The maximum absolute atomic E-state index is 12.8. The summed E-state index contributed by atoms with van der Waals surface area (Å²) >= 11 is 1.63. The molecule has 0 spiro atoms. The van der Waals surface area contributed by atoms with Gasteiger partial charge >= 0.3 is 0 Å². The van der Waals surface area contributed by atoms with Gasteiger partial charge < -0.3 is 15.4 Å². The van der Waals surface area contributed by atoms with Gasteiger partial charge in [-0.3, -0.25) is 14.5 Å². The minimum atomic E-state index is -0.0766. The number of carbonyl (C=O) groups excluding carboxylic acids is 2. The molecule has 0 atom stereocenters. The zero-order chi connectivity index (χ0) is 23.8. The molecule has 1 aliphatic heterocycles. The van der Waals surface area contributed by atoms with Gasteiger partial charge in [-0.2, -0.15) is 0 Å². The van der Waals surface area contributed by atoms with E-state index < -0.39 is 0 Å². The van der Waals surface area contributed by atoms with Gasteiger partial charge in [0, 0.05) is 15.7 Å². The lowest BCUT2D eigenvalue weighted by molar-refractivity contribution is -0.121. The Morgan fingerprint density at radius 1 is 0.882 bits per heavy atom. The predicted molar refractivity (Wildman–Crippen MR) is 136 cm³/mol. The first-order chi connectivity index (χ1) is 16.6. The third-order valence-electron chi connectivity index (χ3n) is 5.82. The molecule has 7 heteroatoms. The summed E-state index contributed by atoms with van der Waals surface area (Å²) in [6.45, 7) is 1.72. The SMILES string of the molecule is COc1ccccc1NC(=O)C1CCN(CC(=O)Nc2ccccc2Sc2ccccc2)CC1. The van der Waals surface area contributed by atoms with Crippen molar-refractivity contribution in [1.29, 1.82) is 0 Å². The molecule has 3 aromatic rings. The summed E-state index contributed by atoms with van der Waals surface area (Å²) in [4.78, 5) is 29.7. The zero-order valence-electron chi connectivity index (χ0n) is 19.2. The third kappa shape index (κ3) is 6.40. The van der Waals surface area contributed by atoms with Crippen molar-refractivity contribution < 1.29 is 14.3 Å². The van der Waals surface area contributed by atoms with Crippen LogP contribution in [0.15, 0.2) is 88.7 Å². The van der Waals surface area contributed by atoms with Gasteiger partial charge in [0.2, 0.25) is 11.8 Å². The van der Waals surface area contributed by atoms with Crippen LogP contribution in [0.1, 0.15) is 12.8 Å². The smallest absolute Gasteiger partial charge is 0.238 e. The molecule has 6 nitrogen and oxygen atoms in total. The Bertz CT molecular complexity index is 1110. The molecule has 3 aromatic carbocycles. The number of ether oxygens (including phenoxy) is 1. The number of para-hydroxylation sites is 3. The van der Waals surface area contributed by atoms with E-state index in [9.17, 15) is 9.59 Å². The highest BCUT2D eigenvalue weighted by Crippen LogP contribution is 2.33. The van der Waals surface area contributed by atoms with Gasteiger partial charge in [0.1, 0.15) is 5.75 Å². The molecule has 4 rings (SSSR count). The normalized spacial score (nSPS) is 14.4. The summed E-state index contributed by atoms with van der Waals surface area (Å²) in [7, 11) is 1.59. The van der Waals surface area contributed by atoms with Crippen molar-refractivity contribution in [2.24, 2.45) is 5.92 Å². The first-order valence-electron chi connectivity index (χ1n) is 11.4. The number of amides is 2. The molecular weight excluding hydrogens is 446 g/mol. The molecule has 2 amide bonds. The Morgan fingerprint density at radius 2 is 1.53 bits per heavy atom. The quantitative estimate of drug-likeness (QED) is 0.472. The molecule has 1 saturated heterocycles. The molecule has 1 fully saturated rings.